The number of nitrogens with one attached hydrogen (secondary N) is 1. The van der Waals surface area contributed by atoms with Crippen LogP contribution in [0.25, 0.3) is 0 Å². The molecule has 2 aromatic carbocycles. The van der Waals surface area contributed by atoms with Gasteiger partial charge < -0.3 is 19.5 Å². The predicted octanol–water partition coefficient (Wildman–Crippen LogP) is 2.89. The van der Waals surface area contributed by atoms with E-state index in [1.54, 1.807) is 55.6 Å². The van der Waals surface area contributed by atoms with Crippen molar-refractivity contribution in [2.75, 3.05) is 19.5 Å². The van der Waals surface area contributed by atoms with Gasteiger partial charge in [-0.1, -0.05) is 12.1 Å². The summed E-state index contributed by atoms with van der Waals surface area (Å²) >= 11 is 0. The normalized spacial score (nSPS) is 11.3. The first kappa shape index (κ1) is 17.3. The molecule has 0 aliphatic carbocycles. The van der Waals surface area contributed by atoms with Gasteiger partial charge in [0.05, 0.1) is 19.8 Å². The van der Waals surface area contributed by atoms with Gasteiger partial charge >= 0.3 is 5.97 Å². The maximum absolute atomic E-state index is 12.1. The van der Waals surface area contributed by atoms with Crippen molar-refractivity contribution in [1.29, 1.82) is 0 Å². The Morgan fingerprint density at radius 2 is 1.58 bits per heavy atom. The summed E-state index contributed by atoms with van der Waals surface area (Å²) in [5, 5.41) is 2.67. The molecule has 0 spiro atoms. The third kappa shape index (κ3) is 4.49. The van der Waals surface area contributed by atoms with Crippen LogP contribution in [0.2, 0.25) is 0 Å². The zero-order valence-corrected chi connectivity index (χ0v) is 13.7. The Kier molecular flexibility index (Phi) is 5.78. The lowest BCUT2D eigenvalue weighted by molar-refractivity contribution is -0.123. The first-order valence-corrected chi connectivity index (χ1v) is 7.33. The van der Waals surface area contributed by atoms with Crippen LogP contribution in [0.5, 0.6) is 11.5 Å². The van der Waals surface area contributed by atoms with Crippen LogP contribution in [0.4, 0.5) is 5.69 Å². The van der Waals surface area contributed by atoms with Crippen LogP contribution in [0.15, 0.2) is 48.5 Å². The average Bonchev–Trinajstić information content (AvgIpc) is 2.61. The van der Waals surface area contributed by atoms with Gasteiger partial charge in [-0.05, 0) is 37.3 Å². The molecule has 1 N–H and O–H groups in total. The van der Waals surface area contributed by atoms with Crippen molar-refractivity contribution in [1.82, 2.24) is 0 Å². The minimum Gasteiger partial charge on any atom is -0.497 e. The minimum absolute atomic E-state index is 0.315. The number of ether oxygens (including phenoxy) is 3. The number of amides is 1. The lowest BCUT2D eigenvalue weighted by atomic mass is 10.2. The van der Waals surface area contributed by atoms with Crippen LogP contribution < -0.4 is 14.8 Å². The van der Waals surface area contributed by atoms with Crippen LogP contribution in [0, 0.1) is 0 Å². The van der Waals surface area contributed by atoms with Crippen LogP contribution in [-0.2, 0) is 9.53 Å². The van der Waals surface area contributed by atoms with Gasteiger partial charge in [0, 0.05) is 11.8 Å². The van der Waals surface area contributed by atoms with Crippen LogP contribution in [0.3, 0.4) is 0 Å². The number of methoxy groups -OCH3 is 2. The van der Waals surface area contributed by atoms with Crippen molar-refractivity contribution in [3.05, 3.63) is 54.1 Å². The van der Waals surface area contributed by atoms with E-state index in [2.05, 4.69) is 5.32 Å². The molecular formula is C18H19NO5. The number of hydrogen-bond acceptors (Lipinski definition) is 5. The second kappa shape index (κ2) is 8.01. The molecule has 0 radical (unpaired) electrons. The topological polar surface area (TPSA) is 73.9 Å². The zero-order valence-electron chi connectivity index (χ0n) is 13.7. The standard InChI is InChI=1S/C18H19NO5/c1-12(17(20)19-14-7-5-9-16(11-14)23-3)24-18(21)13-6-4-8-15(10-13)22-2/h4-12H,1-3H3,(H,19,20)/t12-/m0/s1. The van der Waals surface area contributed by atoms with E-state index in [4.69, 9.17) is 14.2 Å². The van der Waals surface area contributed by atoms with E-state index >= 15 is 0 Å². The second-order valence-electron chi connectivity index (χ2n) is 5.00. The highest BCUT2D eigenvalue weighted by molar-refractivity contribution is 5.97. The fraction of sp³-hybridized carbons (Fsp3) is 0.222. The first-order chi connectivity index (χ1) is 11.5. The fourth-order valence-corrected chi connectivity index (χ4v) is 1.98. The average molecular weight is 329 g/mol. The second-order valence-corrected chi connectivity index (χ2v) is 5.00. The highest BCUT2D eigenvalue weighted by Gasteiger charge is 2.19. The Morgan fingerprint density at radius 3 is 2.25 bits per heavy atom. The lowest BCUT2D eigenvalue weighted by Gasteiger charge is -2.14. The summed E-state index contributed by atoms with van der Waals surface area (Å²) in [4.78, 5) is 24.3. The first-order valence-electron chi connectivity index (χ1n) is 7.33. The lowest BCUT2D eigenvalue weighted by Crippen LogP contribution is -2.30. The molecular weight excluding hydrogens is 310 g/mol. The van der Waals surface area contributed by atoms with E-state index in [1.807, 2.05) is 0 Å². The zero-order chi connectivity index (χ0) is 17.5. The summed E-state index contributed by atoms with van der Waals surface area (Å²) in [6.07, 6.45) is -0.949. The molecule has 6 nitrogen and oxygen atoms in total. The summed E-state index contributed by atoms with van der Waals surface area (Å²) < 4.78 is 15.3. The van der Waals surface area contributed by atoms with Crippen molar-refractivity contribution in [3.8, 4) is 11.5 Å². The Hall–Kier alpha value is -3.02. The molecule has 1 amide bonds. The number of hydrogen-bond donors (Lipinski definition) is 1. The summed E-state index contributed by atoms with van der Waals surface area (Å²) in [6, 6.07) is 13.5. The molecule has 2 rings (SSSR count). The monoisotopic (exact) mass is 329 g/mol. The number of esters is 1. The number of rotatable bonds is 6. The Morgan fingerprint density at radius 1 is 0.958 bits per heavy atom. The number of benzene rings is 2. The number of carbonyl (C=O) groups is 2. The van der Waals surface area contributed by atoms with E-state index in [0.29, 0.717) is 22.7 Å². The van der Waals surface area contributed by atoms with E-state index in [0.717, 1.165) is 0 Å². The Bertz CT molecular complexity index is 729. The largest absolute Gasteiger partial charge is 0.497 e. The molecule has 24 heavy (non-hydrogen) atoms. The maximum atomic E-state index is 12.1. The number of carbonyl (C=O) groups excluding carboxylic acids is 2. The molecule has 1 atom stereocenters. The number of anilines is 1. The smallest absolute Gasteiger partial charge is 0.339 e. The fourth-order valence-electron chi connectivity index (χ4n) is 1.98. The van der Waals surface area contributed by atoms with Crippen molar-refractivity contribution in [2.24, 2.45) is 0 Å². The highest BCUT2D eigenvalue weighted by Crippen LogP contribution is 2.18. The van der Waals surface area contributed by atoms with E-state index < -0.39 is 18.0 Å². The van der Waals surface area contributed by atoms with Crippen LogP contribution >= 0.6 is 0 Å². The van der Waals surface area contributed by atoms with Gasteiger partial charge in [0.1, 0.15) is 11.5 Å². The van der Waals surface area contributed by atoms with Crippen LogP contribution in [-0.4, -0.2) is 32.2 Å². The van der Waals surface area contributed by atoms with Crippen molar-refractivity contribution >= 4 is 17.6 Å². The summed E-state index contributed by atoms with van der Waals surface area (Å²) in [6.45, 7) is 1.51. The van der Waals surface area contributed by atoms with Crippen molar-refractivity contribution in [3.63, 3.8) is 0 Å². The van der Waals surface area contributed by atoms with Gasteiger partial charge in [0.2, 0.25) is 0 Å². The van der Waals surface area contributed by atoms with Gasteiger partial charge in [-0.3, -0.25) is 4.79 Å². The molecule has 0 saturated carbocycles. The van der Waals surface area contributed by atoms with Crippen molar-refractivity contribution in [2.45, 2.75) is 13.0 Å². The predicted molar refractivity (Wildman–Crippen MR) is 89.5 cm³/mol. The van der Waals surface area contributed by atoms with Crippen molar-refractivity contribution < 1.29 is 23.8 Å². The molecule has 0 saturated heterocycles. The van der Waals surface area contributed by atoms with Gasteiger partial charge in [0.15, 0.2) is 6.10 Å². The van der Waals surface area contributed by atoms with Gasteiger partial charge in [-0.25, -0.2) is 4.79 Å². The van der Waals surface area contributed by atoms with E-state index in [9.17, 15) is 9.59 Å². The third-order valence-electron chi connectivity index (χ3n) is 3.30. The Labute approximate surface area is 140 Å². The van der Waals surface area contributed by atoms with Crippen LogP contribution in [0.1, 0.15) is 17.3 Å². The van der Waals surface area contributed by atoms with E-state index in [-0.39, 0.29) is 0 Å². The molecule has 0 aromatic heterocycles. The minimum atomic E-state index is -0.949. The molecule has 0 fully saturated rings. The highest BCUT2D eigenvalue weighted by atomic mass is 16.5. The van der Waals surface area contributed by atoms with Gasteiger partial charge in [0.25, 0.3) is 5.91 Å². The molecule has 0 aliphatic rings. The Balaban J connectivity index is 1.98. The molecule has 0 aliphatic heterocycles. The quantitative estimate of drug-likeness (QED) is 0.825. The third-order valence-corrected chi connectivity index (χ3v) is 3.30. The molecule has 0 unspecified atom stereocenters. The molecule has 6 heteroatoms. The van der Waals surface area contributed by atoms with Gasteiger partial charge in [-0.2, -0.15) is 0 Å². The maximum Gasteiger partial charge on any atom is 0.339 e. The van der Waals surface area contributed by atoms with Gasteiger partial charge in [-0.15, -0.1) is 0 Å². The molecule has 0 heterocycles. The summed E-state index contributed by atoms with van der Waals surface area (Å²) in [5.74, 6) is 0.133. The molecule has 126 valence electrons. The summed E-state index contributed by atoms with van der Waals surface area (Å²) in [7, 11) is 3.05. The molecule has 2 aromatic rings. The molecule has 0 bridgehead atoms. The van der Waals surface area contributed by atoms with E-state index in [1.165, 1.54) is 14.0 Å². The summed E-state index contributed by atoms with van der Waals surface area (Å²) in [5.41, 5.74) is 0.874. The SMILES string of the molecule is COc1cccc(NC(=O)[C@H](C)OC(=O)c2cccc(OC)c2)c1.